The number of quaternary nitrogens is 1. The molecule has 58 heavy (non-hydrogen) atoms. The fourth-order valence-electron chi connectivity index (χ4n) is 6.40. The molecule has 0 bridgehead atoms. The zero-order chi connectivity index (χ0) is 42.8. The highest BCUT2D eigenvalue weighted by molar-refractivity contribution is 7.47. The van der Waals surface area contributed by atoms with Gasteiger partial charge in [-0.3, -0.25) is 13.8 Å². The molecule has 338 valence electrons. The number of carbonyl (C=O) groups is 1. The number of hydrogen-bond acceptors (Lipinski definition) is 5. The van der Waals surface area contributed by atoms with Crippen LogP contribution in [0.1, 0.15) is 194 Å². The molecule has 0 rings (SSSR count). The zero-order valence-electron chi connectivity index (χ0n) is 38.3. The Labute approximate surface area is 358 Å². The first-order valence-electron chi connectivity index (χ1n) is 23.7. The van der Waals surface area contributed by atoms with Gasteiger partial charge in [-0.1, -0.05) is 171 Å². The Balaban J connectivity index is 4.49. The number of amides is 1. The molecule has 0 heterocycles. The van der Waals surface area contributed by atoms with Crippen molar-refractivity contribution in [1.29, 1.82) is 0 Å². The third-order valence-corrected chi connectivity index (χ3v) is 11.2. The summed E-state index contributed by atoms with van der Waals surface area (Å²) in [5, 5.41) is 13.8. The van der Waals surface area contributed by atoms with E-state index in [9.17, 15) is 19.4 Å². The normalized spacial score (nSPS) is 14.8. The maximum atomic E-state index is 12.9. The molecule has 1 amide bonds. The van der Waals surface area contributed by atoms with Crippen molar-refractivity contribution in [2.75, 3.05) is 40.9 Å². The number of unbranched alkanes of at least 4 members (excludes halogenated alkanes) is 21. The number of hydrogen-bond donors (Lipinski definition) is 3. The smallest absolute Gasteiger partial charge is 0.387 e. The summed E-state index contributed by atoms with van der Waals surface area (Å²) in [7, 11) is 1.53. The molecule has 3 unspecified atom stereocenters. The van der Waals surface area contributed by atoms with Crippen LogP contribution in [-0.2, 0) is 18.4 Å². The van der Waals surface area contributed by atoms with Crippen LogP contribution in [0.4, 0.5) is 0 Å². The van der Waals surface area contributed by atoms with E-state index in [1.807, 2.05) is 27.2 Å². The second-order valence-corrected chi connectivity index (χ2v) is 18.6. The van der Waals surface area contributed by atoms with Crippen molar-refractivity contribution in [2.45, 2.75) is 206 Å². The van der Waals surface area contributed by atoms with Crippen LogP contribution in [-0.4, -0.2) is 73.4 Å². The third-order valence-electron chi connectivity index (χ3n) is 10.2. The van der Waals surface area contributed by atoms with Crippen molar-refractivity contribution < 1.29 is 32.9 Å². The molecular formula is C49H92N2O6P+. The lowest BCUT2D eigenvalue weighted by Crippen LogP contribution is -2.45. The Bertz CT molecular complexity index is 1130. The number of aliphatic hydroxyl groups excluding tert-OH is 1. The van der Waals surface area contributed by atoms with Crippen molar-refractivity contribution >= 4 is 13.7 Å². The van der Waals surface area contributed by atoms with Gasteiger partial charge >= 0.3 is 7.82 Å². The molecule has 0 fully saturated rings. The molecule has 0 spiro atoms. The fraction of sp³-hybridized carbons (Fsp3) is 0.776. The molecule has 0 aliphatic heterocycles. The summed E-state index contributed by atoms with van der Waals surface area (Å²) < 4.78 is 23.6. The minimum absolute atomic E-state index is 0.0497. The van der Waals surface area contributed by atoms with E-state index in [-0.39, 0.29) is 19.1 Å². The van der Waals surface area contributed by atoms with Crippen LogP contribution >= 0.6 is 7.82 Å². The van der Waals surface area contributed by atoms with Gasteiger partial charge in [-0.05, 0) is 77.0 Å². The second kappa shape index (κ2) is 40.6. The molecule has 0 radical (unpaired) electrons. The van der Waals surface area contributed by atoms with Crippen LogP contribution in [0.2, 0.25) is 0 Å². The molecule has 3 atom stereocenters. The number of nitrogens with zero attached hydrogens (tertiary/aromatic N) is 1. The van der Waals surface area contributed by atoms with Gasteiger partial charge in [-0.15, -0.1) is 0 Å². The fourth-order valence-corrected chi connectivity index (χ4v) is 7.13. The number of carbonyl (C=O) groups excluding carboxylic acids is 1. The van der Waals surface area contributed by atoms with E-state index < -0.39 is 20.0 Å². The van der Waals surface area contributed by atoms with Crippen molar-refractivity contribution in [1.82, 2.24) is 5.32 Å². The summed E-state index contributed by atoms with van der Waals surface area (Å²) in [6, 6.07) is -0.875. The second-order valence-electron chi connectivity index (χ2n) is 17.1. The predicted molar refractivity (Wildman–Crippen MR) is 249 cm³/mol. The Morgan fingerprint density at radius 2 is 1.00 bits per heavy atom. The van der Waals surface area contributed by atoms with Crippen molar-refractivity contribution in [3.05, 3.63) is 60.8 Å². The van der Waals surface area contributed by atoms with E-state index in [4.69, 9.17) is 9.05 Å². The van der Waals surface area contributed by atoms with Crippen LogP contribution in [0.25, 0.3) is 0 Å². The lowest BCUT2D eigenvalue weighted by molar-refractivity contribution is -0.870. The van der Waals surface area contributed by atoms with Crippen LogP contribution in [0, 0.1) is 0 Å². The Hall–Kier alpha value is -1.80. The minimum Gasteiger partial charge on any atom is -0.387 e. The Morgan fingerprint density at radius 1 is 0.586 bits per heavy atom. The van der Waals surface area contributed by atoms with Gasteiger partial charge in [0.25, 0.3) is 0 Å². The van der Waals surface area contributed by atoms with Gasteiger partial charge in [0.2, 0.25) is 5.91 Å². The van der Waals surface area contributed by atoms with Gasteiger partial charge < -0.3 is 19.8 Å². The van der Waals surface area contributed by atoms with E-state index in [1.54, 1.807) is 6.08 Å². The average molecular weight is 836 g/mol. The first-order chi connectivity index (χ1) is 28.0. The molecule has 0 saturated carbocycles. The molecule has 0 aliphatic carbocycles. The van der Waals surface area contributed by atoms with Crippen LogP contribution in [0.15, 0.2) is 60.8 Å². The van der Waals surface area contributed by atoms with Gasteiger partial charge in [0.1, 0.15) is 13.2 Å². The Kier molecular flexibility index (Phi) is 39.3. The van der Waals surface area contributed by atoms with E-state index in [0.29, 0.717) is 17.4 Å². The van der Waals surface area contributed by atoms with Gasteiger partial charge in [0.15, 0.2) is 0 Å². The molecule has 0 saturated heterocycles. The molecule has 8 nitrogen and oxygen atoms in total. The van der Waals surface area contributed by atoms with E-state index in [1.165, 1.54) is 109 Å². The van der Waals surface area contributed by atoms with Crippen LogP contribution in [0.5, 0.6) is 0 Å². The first kappa shape index (κ1) is 56.2. The predicted octanol–water partition coefficient (Wildman–Crippen LogP) is 13.4. The highest BCUT2D eigenvalue weighted by Crippen LogP contribution is 2.43. The van der Waals surface area contributed by atoms with Gasteiger partial charge in [-0.25, -0.2) is 4.57 Å². The van der Waals surface area contributed by atoms with Crippen LogP contribution in [0.3, 0.4) is 0 Å². The molecule has 0 aliphatic rings. The average Bonchev–Trinajstić information content (AvgIpc) is 3.17. The zero-order valence-corrected chi connectivity index (χ0v) is 39.2. The number of likely N-dealkylation sites (N-methyl/N-ethyl adjacent to an activating group) is 1. The highest BCUT2D eigenvalue weighted by atomic mass is 31.2. The van der Waals surface area contributed by atoms with E-state index >= 15 is 0 Å². The van der Waals surface area contributed by atoms with Gasteiger partial charge in [0.05, 0.1) is 39.9 Å². The summed E-state index contributed by atoms with van der Waals surface area (Å²) in [6.07, 6.45) is 52.9. The minimum atomic E-state index is -4.36. The first-order valence-corrected chi connectivity index (χ1v) is 25.2. The third kappa shape index (κ3) is 42.3. The van der Waals surface area contributed by atoms with E-state index in [2.05, 4.69) is 67.8 Å². The van der Waals surface area contributed by atoms with Crippen molar-refractivity contribution in [2.24, 2.45) is 0 Å². The Morgan fingerprint density at radius 3 is 1.50 bits per heavy atom. The number of aliphatic hydroxyl groups is 1. The SMILES string of the molecule is CCCCCC/C=C\C/C=C\CCCCCCCCCC(=O)NC(COP(=O)(O)OCC[N+](C)(C)C)C(O)/C=C/CC/C=C/CC/C=C/CCCCCCCCCC. The number of allylic oxidation sites excluding steroid dienone is 9. The summed E-state index contributed by atoms with van der Waals surface area (Å²) in [5.41, 5.74) is 0. The lowest BCUT2D eigenvalue weighted by atomic mass is 10.1. The number of nitrogens with one attached hydrogen (secondary N) is 1. The highest BCUT2D eigenvalue weighted by Gasteiger charge is 2.27. The van der Waals surface area contributed by atoms with Crippen molar-refractivity contribution in [3.8, 4) is 0 Å². The quantitative estimate of drug-likeness (QED) is 0.0245. The molecule has 0 aromatic heterocycles. The number of phosphoric acid groups is 1. The maximum absolute atomic E-state index is 12.9. The monoisotopic (exact) mass is 836 g/mol. The summed E-state index contributed by atoms with van der Waals surface area (Å²) in [4.78, 5) is 23.1. The van der Waals surface area contributed by atoms with Crippen LogP contribution < -0.4 is 5.32 Å². The standard InChI is InChI=1S/C49H91N2O6P/c1-6-8-10-12-14-16-18-20-22-24-26-28-30-32-34-36-38-40-42-48(52)47(46-57-58(54,55)56-45-44-51(3,4)5)50-49(53)43-41-39-37-35-33-31-29-27-25-23-21-19-17-15-13-11-9-7-2/h17,19,23-26,32,34,40,42,47-48,52H,6-16,18,20-22,27-31,33,35-39,41,43-46H2,1-5H3,(H-,50,53,54,55)/p+1/b19-17-,25-23-,26-24+,34-32+,42-40+. The van der Waals surface area contributed by atoms with E-state index in [0.717, 1.165) is 64.2 Å². The lowest BCUT2D eigenvalue weighted by Gasteiger charge is -2.25. The van der Waals surface area contributed by atoms with Gasteiger partial charge in [-0.2, -0.15) is 0 Å². The molecule has 0 aromatic carbocycles. The molecule has 0 aromatic rings. The maximum Gasteiger partial charge on any atom is 0.472 e. The topological polar surface area (TPSA) is 105 Å². The van der Waals surface area contributed by atoms with Crippen molar-refractivity contribution in [3.63, 3.8) is 0 Å². The number of rotatable bonds is 42. The number of phosphoric ester groups is 1. The largest absolute Gasteiger partial charge is 0.472 e. The van der Waals surface area contributed by atoms with Gasteiger partial charge in [0, 0.05) is 6.42 Å². The molecule has 9 heteroatoms. The summed E-state index contributed by atoms with van der Waals surface area (Å²) in [5.74, 6) is -0.201. The molecular weight excluding hydrogens is 744 g/mol. The summed E-state index contributed by atoms with van der Waals surface area (Å²) >= 11 is 0. The molecule has 3 N–H and O–H groups in total. The summed E-state index contributed by atoms with van der Waals surface area (Å²) in [6.45, 7) is 4.75.